The molecule has 7 nitrogen and oxygen atoms in total. The third kappa shape index (κ3) is 3.31. The average Bonchev–Trinajstić information content (AvgIpc) is 3.19. The number of thiocarbonyl (C=S) groups is 1. The van der Waals surface area contributed by atoms with E-state index in [9.17, 15) is 14.9 Å². The van der Waals surface area contributed by atoms with Gasteiger partial charge in [-0.3, -0.25) is 19.8 Å². The number of thioether (sulfide) groups is 1. The van der Waals surface area contributed by atoms with Gasteiger partial charge in [0.25, 0.3) is 11.6 Å². The van der Waals surface area contributed by atoms with Crippen molar-refractivity contribution >= 4 is 67.6 Å². The number of hydrogen-bond donors (Lipinski definition) is 0. The van der Waals surface area contributed by atoms with Crippen LogP contribution in [0.15, 0.2) is 45.8 Å². The molecule has 2 heterocycles. The molecule has 0 saturated carbocycles. The molecule has 2 aliphatic rings. The summed E-state index contributed by atoms with van der Waals surface area (Å²) >= 11 is 9.96. The average molecular weight is 465 g/mol. The first kappa shape index (κ1) is 18.0. The summed E-state index contributed by atoms with van der Waals surface area (Å²) in [5.41, 5.74) is 1.18. The number of ether oxygens (including phenoxy) is 2. The maximum atomic E-state index is 12.8. The number of nitro benzene ring substituents is 1. The molecule has 27 heavy (non-hydrogen) atoms. The molecule has 1 fully saturated rings. The van der Waals surface area contributed by atoms with Crippen molar-refractivity contribution in [1.29, 1.82) is 0 Å². The topological polar surface area (TPSA) is 81.9 Å². The molecule has 0 bridgehead atoms. The van der Waals surface area contributed by atoms with Gasteiger partial charge in [0, 0.05) is 16.6 Å². The van der Waals surface area contributed by atoms with E-state index in [-0.39, 0.29) is 18.4 Å². The fraction of sp³-hybridized carbons (Fsp3) is 0.0588. The highest BCUT2D eigenvalue weighted by molar-refractivity contribution is 9.10. The Hall–Kier alpha value is -2.43. The van der Waals surface area contributed by atoms with Gasteiger partial charge < -0.3 is 9.47 Å². The fourth-order valence-corrected chi connectivity index (χ4v) is 4.33. The van der Waals surface area contributed by atoms with Crippen LogP contribution in [0.5, 0.6) is 11.5 Å². The molecule has 0 aromatic heterocycles. The van der Waals surface area contributed by atoms with Gasteiger partial charge in [0.2, 0.25) is 6.79 Å². The van der Waals surface area contributed by atoms with Crippen molar-refractivity contribution in [2.24, 2.45) is 0 Å². The van der Waals surface area contributed by atoms with Crippen LogP contribution in [-0.2, 0) is 4.79 Å². The van der Waals surface area contributed by atoms with Gasteiger partial charge >= 0.3 is 0 Å². The van der Waals surface area contributed by atoms with E-state index in [4.69, 9.17) is 21.7 Å². The highest BCUT2D eigenvalue weighted by atomic mass is 79.9. The van der Waals surface area contributed by atoms with Crippen molar-refractivity contribution < 1.29 is 19.2 Å². The predicted octanol–water partition coefficient (Wildman–Crippen LogP) is 4.49. The van der Waals surface area contributed by atoms with Crippen molar-refractivity contribution in [2.45, 2.75) is 0 Å². The number of non-ortho nitro benzene ring substituents is 1. The Bertz CT molecular complexity index is 1020. The SMILES string of the molecule is O=C1/C(=C\c2cc3c(cc2Br)OCO3)SC(=S)N1c1ccc([N+](=O)[O-])cc1. The van der Waals surface area contributed by atoms with Crippen molar-refractivity contribution in [3.05, 3.63) is 61.5 Å². The van der Waals surface area contributed by atoms with Crippen LogP contribution >= 0.6 is 39.9 Å². The van der Waals surface area contributed by atoms with Gasteiger partial charge in [0.1, 0.15) is 0 Å². The number of carbonyl (C=O) groups excluding carboxylic acids is 1. The number of carbonyl (C=O) groups is 1. The molecule has 1 saturated heterocycles. The van der Waals surface area contributed by atoms with Gasteiger partial charge in [-0.25, -0.2) is 0 Å². The number of anilines is 1. The Balaban J connectivity index is 1.65. The van der Waals surface area contributed by atoms with Crippen molar-refractivity contribution in [2.75, 3.05) is 11.7 Å². The van der Waals surface area contributed by atoms with Gasteiger partial charge in [-0.2, -0.15) is 0 Å². The maximum Gasteiger partial charge on any atom is 0.270 e. The van der Waals surface area contributed by atoms with E-state index in [2.05, 4.69) is 15.9 Å². The summed E-state index contributed by atoms with van der Waals surface area (Å²) < 4.78 is 11.8. The van der Waals surface area contributed by atoms with E-state index in [0.717, 1.165) is 10.0 Å². The summed E-state index contributed by atoms with van der Waals surface area (Å²) in [5.74, 6) is 0.955. The van der Waals surface area contributed by atoms with Crippen LogP contribution in [-0.4, -0.2) is 21.9 Å². The van der Waals surface area contributed by atoms with Crippen LogP contribution in [0.3, 0.4) is 0 Å². The van der Waals surface area contributed by atoms with E-state index in [1.165, 1.54) is 40.9 Å². The molecule has 0 N–H and O–H groups in total. The highest BCUT2D eigenvalue weighted by Gasteiger charge is 2.33. The second-order valence-corrected chi connectivity index (χ2v) is 8.05. The molecule has 0 radical (unpaired) electrons. The quantitative estimate of drug-likeness (QED) is 0.286. The zero-order valence-corrected chi connectivity index (χ0v) is 16.6. The molecular weight excluding hydrogens is 456 g/mol. The highest BCUT2D eigenvalue weighted by Crippen LogP contribution is 2.41. The van der Waals surface area contributed by atoms with Crippen LogP contribution in [0.2, 0.25) is 0 Å². The number of rotatable bonds is 3. The number of fused-ring (bicyclic) bond motifs is 1. The van der Waals surface area contributed by atoms with Crippen LogP contribution in [0.25, 0.3) is 6.08 Å². The molecule has 2 aromatic rings. The summed E-state index contributed by atoms with van der Waals surface area (Å²) in [4.78, 5) is 24.9. The second kappa shape index (κ2) is 6.95. The Morgan fingerprint density at radius 1 is 1.22 bits per heavy atom. The molecule has 136 valence electrons. The van der Waals surface area contributed by atoms with E-state index < -0.39 is 4.92 Å². The lowest BCUT2D eigenvalue weighted by Gasteiger charge is -2.14. The Labute approximate surface area is 171 Å². The smallest absolute Gasteiger partial charge is 0.270 e. The van der Waals surface area contributed by atoms with E-state index in [0.29, 0.717) is 26.4 Å². The first-order chi connectivity index (χ1) is 12.9. The Kier molecular flexibility index (Phi) is 4.62. The zero-order valence-electron chi connectivity index (χ0n) is 13.4. The van der Waals surface area contributed by atoms with E-state index in [1.807, 2.05) is 0 Å². The Morgan fingerprint density at radius 2 is 1.89 bits per heavy atom. The second-order valence-electron chi connectivity index (χ2n) is 5.52. The van der Waals surface area contributed by atoms with Gasteiger partial charge in [-0.05, 0) is 35.9 Å². The first-order valence-electron chi connectivity index (χ1n) is 7.55. The largest absolute Gasteiger partial charge is 0.454 e. The van der Waals surface area contributed by atoms with Gasteiger partial charge in [-0.15, -0.1) is 0 Å². The summed E-state index contributed by atoms with van der Waals surface area (Å²) in [7, 11) is 0. The molecule has 0 atom stereocenters. The van der Waals surface area contributed by atoms with Gasteiger partial charge in [-0.1, -0.05) is 39.9 Å². The summed E-state index contributed by atoms with van der Waals surface area (Å²) in [5, 5.41) is 10.8. The van der Waals surface area contributed by atoms with Gasteiger partial charge in [0.05, 0.1) is 15.5 Å². The lowest BCUT2D eigenvalue weighted by atomic mass is 10.2. The molecule has 0 unspecified atom stereocenters. The molecule has 4 rings (SSSR count). The number of hydrogen-bond acceptors (Lipinski definition) is 7. The molecule has 10 heteroatoms. The third-order valence-electron chi connectivity index (χ3n) is 3.89. The summed E-state index contributed by atoms with van der Waals surface area (Å²) in [6, 6.07) is 9.25. The zero-order chi connectivity index (χ0) is 19.1. The van der Waals surface area contributed by atoms with Gasteiger partial charge in [0.15, 0.2) is 15.8 Å². The monoisotopic (exact) mass is 464 g/mol. The molecule has 2 aromatic carbocycles. The van der Waals surface area contributed by atoms with Crippen LogP contribution in [0.1, 0.15) is 5.56 Å². The minimum atomic E-state index is -0.495. The van der Waals surface area contributed by atoms with Crippen LogP contribution < -0.4 is 14.4 Å². The number of benzene rings is 2. The number of nitrogens with zero attached hydrogens (tertiary/aromatic N) is 2. The molecule has 1 amide bonds. The van der Waals surface area contributed by atoms with Crippen LogP contribution in [0.4, 0.5) is 11.4 Å². The van der Waals surface area contributed by atoms with Crippen molar-refractivity contribution in [1.82, 2.24) is 0 Å². The fourth-order valence-electron chi connectivity index (χ4n) is 2.60. The lowest BCUT2D eigenvalue weighted by molar-refractivity contribution is -0.384. The first-order valence-corrected chi connectivity index (χ1v) is 9.57. The number of halogens is 1. The number of nitro groups is 1. The molecular formula is C17H9BrN2O5S2. The van der Waals surface area contributed by atoms with E-state index in [1.54, 1.807) is 18.2 Å². The minimum absolute atomic E-state index is 0.0518. The third-order valence-corrected chi connectivity index (χ3v) is 5.88. The Morgan fingerprint density at radius 3 is 2.56 bits per heavy atom. The number of amides is 1. The lowest BCUT2D eigenvalue weighted by Crippen LogP contribution is -2.27. The minimum Gasteiger partial charge on any atom is -0.454 e. The molecule has 0 aliphatic carbocycles. The predicted molar refractivity (Wildman–Crippen MR) is 109 cm³/mol. The van der Waals surface area contributed by atoms with E-state index >= 15 is 0 Å². The standard InChI is InChI=1S/C17H9BrN2O5S2/c18-12-7-14-13(24-8-25-14)5-9(12)6-15-16(21)19(17(26)27-15)10-1-3-11(4-2-10)20(22)23/h1-7H,8H2/b15-6+. The molecule has 0 spiro atoms. The normalized spacial score (nSPS) is 17.1. The maximum absolute atomic E-state index is 12.8. The van der Waals surface area contributed by atoms with Crippen molar-refractivity contribution in [3.8, 4) is 11.5 Å². The summed E-state index contributed by atoms with van der Waals surface area (Å²) in [6.07, 6.45) is 1.72. The summed E-state index contributed by atoms with van der Waals surface area (Å²) in [6.45, 7) is 0.160. The van der Waals surface area contributed by atoms with Crippen LogP contribution in [0, 0.1) is 10.1 Å². The molecule has 2 aliphatic heterocycles. The van der Waals surface area contributed by atoms with Crippen molar-refractivity contribution in [3.63, 3.8) is 0 Å².